The van der Waals surface area contributed by atoms with Crippen LogP contribution in [0.3, 0.4) is 0 Å². The van der Waals surface area contributed by atoms with Gasteiger partial charge in [0, 0.05) is 33.9 Å². The Hall–Kier alpha value is -2.72. The molecule has 1 heterocycles. The number of ketones is 1. The highest BCUT2D eigenvalue weighted by Crippen LogP contribution is 2.59. The molecule has 1 fully saturated rings. The number of hydrogen-bond acceptors (Lipinski definition) is 3. The Labute approximate surface area is 177 Å². The number of cyclic esters (lactones) is 1. The Balaban J connectivity index is 1.55. The lowest BCUT2D eigenvalue weighted by atomic mass is 9.81. The van der Waals surface area contributed by atoms with Crippen LogP contribution < -0.4 is 0 Å². The maximum atomic E-state index is 13.0. The summed E-state index contributed by atoms with van der Waals surface area (Å²) < 4.78 is 6.82. The molecular formula is C25H19BrO3. The molecule has 0 unspecified atom stereocenters. The average molecular weight is 447 g/mol. The van der Waals surface area contributed by atoms with Crippen LogP contribution >= 0.6 is 15.9 Å². The molecule has 0 aromatic heterocycles. The fourth-order valence-electron chi connectivity index (χ4n) is 4.87. The molecule has 1 aliphatic carbocycles. The van der Waals surface area contributed by atoms with Crippen molar-refractivity contribution in [2.45, 2.75) is 24.4 Å². The fourth-order valence-corrected chi connectivity index (χ4v) is 5.38. The van der Waals surface area contributed by atoms with Gasteiger partial charge in [0.1, 0.15) is 6.10 Å². The predicted octanol–water partition coefficient (Wildman–Crippen LogP) is 5.82. The van der Waals surface area contributed by atoms with Gasteiger partial charge in [-0.3, -0.25) is 9.59 Å². The number of esters is 1. The number of ether oxygens (including phenoxy) is 1. The number of rotatable bonds is 4. The van der Waals surface area contributed by atoms with Crippen molar-refractivity contribution in [1.29, 1.82) is 0 Å². The van der Waals surface area contributed by atoms with Crippen LogP contribution in [0.25, 0.3) is 0 Å². The average Bonchev–Trinajstić information content (AvgIpc) is 3.25. The number of benzene rings is 3. The maximum absolute atomic E-state index is 13.0. The Bertz CT molecular complexity index is 1090. The van der Waals surface area contributed by atoms with E-state index in [0.29, 0.717) is 12.0 Å². The van der Waals surface area contributed by atoms with Crippen molar-refractivity contribution >= 4 is 27.7 Å². The monoisotopic (exact) mass is 446 g/mol. The summed E-state index contributed by atoms with van der Waals surface area (Å²) in [6.07, 6.45) is -0.0407. The van der Waals surface area contributed by atoms with Gasteiger partial charge in [-0.15, -0.1) is 0 Å². The molecule has 5 rings (SSSR count). The summed E-state index contributed by atoms with van der Waals surface area (Å²) in [4.78, 5) is 26.0. The summed E-state index contributed by atoms with van der Waals surface area (Å²) in [7, 11) is 0. The summed E-state index contributed by atoms with van der Waals surface area (Å²) in [5.74, 6) is -0.729. The van der Waals surface area contributed by atoms with Crippen molar-refractivity contribution in [3.05, 3.63) is 106 Å². The van der Waals surface area contributed by atoms with Crippen LogP contribution in [-0.4, -0.2) is 11.8 Å². The minimum absolute atomic E-state index is 0.0585. The minimum atomic E-state index is -0.346. The highest BCUT2D eigenvalue weighted by atomic mass is 79.9. The second kappa shape index (κ2) is 7.27. The smallest absolute Gasteiger partial charge is 0.310 e. The maximum Gasteiger partial charge on any atom is 0.310 e. The number of carbonyl (C=O) groups is 2. The van der Waals surface area contributed by atoms with Crippen molar-refractivity contribution in [2.75, 3.05) is 0 Å². The topological polar surface area (TPSA) is 43.4 Å². The van der Waals surface area contributed by atoms with Crippen LogP contribution in [0.2, 0.25) is 0 Å². The Morgan fingerprint density at radius 2 is 1.41 bits per heavy atom. The van der Waals surface area contributed by atoms with Crippen LogP contribution in [0.15, 0.2) is 83.3 Å². The van der Waals surface area contributed by atoms with Gasteiger partial charge in [0.25, 0.3) is 0 Å². The van der Waals surface area contributed by atoms with Gasteiger partial charge in [-0.2, -0.15) is 0 Å². The van der Waals surface area contributed by atoms with E-state index in [0.717, 1.165) is 21.2 Å². The third-order valence-corrected chi connectivity index (χ3v) is 6.85. The Morgan fingerprint density at radius 3 is 2.14 bits per heavy atom. The van der Waals surface area contributed by atoms with Gasteiger partial charge in [0.05, 0.1) is 5.92 Å². The summed E-state index contributed by atoms with van der Waals surface area (Å²) in [5.41, 5.74) is 3.87. The fraction of sp³-hybridized carbons (Fsp3) is 0.200. The van der Waals surface area contributed by atoms with E-state index in [1.54, 1.807) is 0 Å². The highest BCUT2D eigenvalue weighted by Gasteiger charge is 2.55. The lowest BCUT2D eigenvalue weighted by molar-refractivity contribution is -0.145. The lowest BCUT2D eigenvalue weighted by Crippen LogP contribution is -2.19. The molecule has 0 spiro atoms. The third kappa shape index (κ3) is 3.03. The molecule has 4 heteroatoms. The van der Waals surface area contributed by atoms with E-state index < -0.39 is 0 Å². The van der Waals surface area contributed by atoms with Crippen molar-refractivity contribution in [2.24, 2.45) is 5.92 Å². The third-order valence-electron chi connectivity index (χ3n) is 6.13. The second-order valence-corrected chi connectivity index (χ2v) is 8.51. The highest BCUT2D eigenvalue weighted by molar-refractivity contribution is 9.10. The molecule has 0 amide bonds. The predicted molar refractivity (Wildman–Crippen MR) is 114 cm³/mol. The van der Waals surface area contributed by atoms with Gasteiger partial charge in [-0.25, -0.2) is 0 Å². The first kappa shape index (κ1) is 18.3. The minimum Gasteiger partial charge on any atom is -0.457 e. The lowest BCUT2D eigenvalue weighted by Gasteiger charge is -2.19. The van der Waals surface area contributed by atoms with Crippen LogP contribution in [-0.2, 0) is 9.53 Å². The SMILES string of the molecule is O=C(C[C@H]1c2ccccc2[C@@H]2[C@H]1C(=O)O[C@@H]2c1ccccc1Br)c1ccccc1. The van der Waals surface area contributed by atoms with Gasteiger partial charge in [-0.05, 0) is 17.2 Å². The first-order valence-corrected chi connectivity index (χ1v) is 10.6. The summed E-state index contributed by atoms with van der Waals surface area (Å²) in [5, 5.41) is 0. The molecule has 3 aromatic rings. The van der Waals surface area contributed by atoms with Gasteiger partial charge < -0.3 is 4.74 Å². The van der Waals surface area contributed by atoms with E-state index in [4.69, 9.17) is 4.74 Å². The number of halogens is 1. The van der Waals surface area contributed by atoms with E-state index in [-0.39, 0.29) is 35.6 Å². The summed E-state index contributed by atoms with van der Waals surface area (Å²) >= 11 is 3.60. The van der Waals surface area contributed by atoms with Crippen molar-refractivity contribution < 1.29 is 14.3 Å². The molecule has 0 saturated carbocycles. The first-order valence-electron chi connectivity index (χ1n) is 9.77. The Kier molecular flexibility index (Phi) is 4.59. The zero-order chi connectivity index (χ0) is 20.0. The molecule has 1 saturated heterocycles. The number of Topliss-reactive ketones (excluding diaryl/α,β-unsaturated/α-hetero) is 1. The van der Waals surface area contributed by atoms with Crippen molar-refractivity contribution in [1.82, 2.24) is 0 Å². The molecular weight excluding hydrogens is 428 g/mol. The van der Waals surface area contributed by atoms with E-state index in [1.807, 2.05) is 66.7 Å². The molecule has 0 bridgehead atoms. The molecule has 1 aliphatic heterocycles. The van der Waals surface area contributed by atoms with Crippen LogP contribution in [0.5, 0.6) is 0 Å². The van der Waals surface area contributed by atoms with E-state index >= 15 is 0 Å². The van der Waals surface area contributed by atoms with Gasteiger partial charge in [-0.1, -0.05) is 88.7 Å². The second-order valence-electron chi connectivity index (χ2n) is 7.66. The molecule has 4 atom stereocenters. The van der Waals surface area contributed by atoms with Gasteiger partial charge in [0.2, 0.25) is 0 Å². The summed E-state index contributed by atoms with van der Waals surface area (Å²) in [6.45, 7) is 0. The van der Waals surface area contributed by atoms with E-state index in [2.05, 4.69) is 28.1 Å². The molecule has 144 valence electrons. The van der Waals surface area contributed by atoms with Gasteiger partial charge >= 0.3 is 5.97 Å². The zero-order valence-corrected chi connectivity index (χ0v) is 17.2. The van der Waals surface area contributed by atoms with Crippen LogP contribution in [0.1, 0.15) is 51.4 Å². The number of hydrogen-bond donors (Lipinski definition) is 0. The van der Waals surface area contributed by atoms with Crippen molar-refractivity contribution in [3.63, 3.8) is 0 Å². The Morgan fingerprint density at radius 1 is 0.793 bits per heavy atom. The van der Waals surface area contributed by atoms with Gasteiger partial charge in [0.15, 0.2) is 5.78 Å². The van der Waals surface area contributed by atoms with Crippen LogP contribution in [0.4, 0.5) is 0 Å². The van der Waals surface area contributed by atoms with Crippen LogP contribution in [0, 0.1) is 5.92 Å². The zero-order valence-electron chi connectivity index (χ0n) is 15.6. The number of fused-ring (bicyclic) bond motifs is 3. The number of carbonyl (C=O) groups excluding carboxylic acids is 2. The molecule has 2 aliphatic rings. The molecule has 0 N–H and O–H groups in total. The summed E-state index contributed by atoms with van der Waals surface area (Å²) in [6, 6.07) is 25.3. The molecule has 0 radical (unpaired) electrons. The van der Waals surface area contributed by atoms with E-state index in [1.165, 1.54) is 0 Å². The molecule has 29 heavy (non-hydrogen) atoms. The normalized spacial score (nSPS) is 24.7. The van der Waals surface area contributed by atoms with E-state index in [9.17, 15) is 9.59 Å². The quantitative estimate of drug-likeness (QED) is 0.374. The first-order chi connectivity index (χ1) is 14.1. The standard InChI is InChI=1S/C25H19BrO3/c26-20-13-7-6-12-18(20)24-22-17-11-5-4-10-16(17)19(23(22)25(28)29-24)14-21(27)15-8-2-1-3-9-15/h1-13,19,22-24H,14H2/t19-,22+,23-,24+/m0/s1. The molecule has 3 aromatic carbocycles. The largest absolute Gasteiger partial charge is 0.457 e. The van der Waals surface area contributed by atoms with Crippen molar-refractivity contribution in [3.8, 4) is 0 Å². The molecule has 3 nitrogen and oxygen atoms in total.